The van der Waals surface area contributed by atoms with E-state index in [0.29, 0.717) is 12.8 Å². The van der Waals surface area contributed by atoms with Gasteiger partial charge in [-0.15, -0.1) is 0 Å². The molecule has 0 aliphatic heterocycles. The van der Waals surface area contributed by atoms with E-state index in [9.17, 15) is 4.79 Å². The Bertz CT molecular complexity index is 298. The molecule has 0 atom stereocenters. The van der Waals surface area contributed by atoms with Crippen LogP contribution in [0.5, 0.6) is 5.75 Å². The van der Waals surface area contributed by atoms with Crippen LogP contribution in [0.1, 0.15) is 12.0 Å². The van der Waals surface area contributed by atoms with Crippen LogP contribution in [0.4, 0.5) is 0 Å². The Morgan fingerprint density at radius 2 is 2.00 bits per heavy atom. The Morgan fingerprint density at radius 1 is 1.38 bits per heavy atom. The summed E-state index contributed by atoms with van der Waals surface area (Å²) in [5, 5.41) is 9.00. The van der Waals surface area contributed by atoms with E-state index in [1.807, 2.05) is 12.1 Å². The number of allylic oxidation sites excluding steroid dienone is 1. The number of carbonyl (C=O) groups excluding carboxylic acids is 1. The van der Waals surface area contributed by atoms with E-state index >= 15 is 0 Å². The Morgan fingerprint density at radius 3 is 2.54 bits per heavy atom. The van der Waals surface area contributed by atoms with Crippen molar-refractivity contribution in [3.8, 4) is 5.75 Å². The minimum Gasteiger partial charge on any atom is -0.508 e. The number of rotatable bonds is 4. The summed E-state index contributed by atoms with van der Waals surface area (Å²) in [6.07, 6.45) is 2.51. The highest BCUT2D eigenvalue weighted by atomic mass is 16.3. The fourth-order valence-corrected chi connectivity index (χ4v) is 1.03. The zero-order chi connectivity index (χ0) is 9.68. The van der Waals surface area contributed by atoms with Crippen LogP contribution in [0, 0.1) is 0 Å². The molecule has 2 heteroatoms. The summed E-state index contributed by atoms with van der Waals surface area (Å²) in [7, 11) is 0. The largest absolute Gasteiger partial charge is 0.508 e. The molecular weight excluding hydrogens is 164 g/mol. The Hall–Kier alpha value is -1.57. The number of aryl methyl sites for hydroxylation is 1. The average Bonchev–Trinajstić information content (AvgIpc) is 2.16. The molecule has 0 saturated heterocycles. The molecule has 0 heterocycles. The zero-order valence-electron chi connectivity index (χ0n) is 7.36. The monoisotopic (exact) mass is 176 g/mol. The Labute approximate surface area is 77.5 Å². The number of carbonyl (C=O) groups is 1. The lowest BCUT2D eigenvalue weighted by Gasteiger charge is -1.98. The van der Waals surface area contributed by atoms with Gasteiger partial charge in [0.1, 0.15) is 5.75 Å². The van der Waals surface area contributed by atoms with Gasteiger partial charge in [-0.3, -0.25) is 4.79 Å². The van der Waals surface area contributed by atoms with Crippen molar-refractivity contribution in [3.63, 3.8) is 0 Å². The van der Waals surface area contributed by atoms with E-state index in [-0.39, 0.29) is 11.5 Å². The lowest BCUT2D eigenvalue weighted by Crippen LogP contribution is -1.94. The molecule has 0 spiro atoms. The summed E-state index contributed by atoms with van der Waals surface area (Å²) < 4.78 is 0. The van der Waals surface area contributed by atoms with Gasteiger partial charge in [-0.1, -0.05) is 18.7 Å². The molecule has 0 bridgehead atoms. The van der Waals surface area contributed by atoms with Crippen molar-refractivity contribution in [1.82, 2.24) is 0 Å². The second-order valence-electron chi connectivity index (χ2n) is 2.84. The topological polar surface area (TPSA) is 37.3 Å². The smallest absolute Gasteiger partial charge is 0.155 e. The quantitative estimate of drug-likeness (QED) is 0.713. The second-order valence-corrected chi connectivity index (χ2v) is 2.84. The third-order valence-electron chi connectivity index (χ3n) is 1.82. The number of aromatic hydroxyl groups is 1. The number of hydrogen-bond acceptors (Lipinski definition) is 2. The molecule has 13 heavy (non-hydrogen) atoms. The predicted octanol–water partition coefficient (Wildman–Crippen LogP) is 2.08. The lowest BCUT2D eigenvalue weighted by atomic mass is 10.1. The van der Waals surface area contributed by atoms with E-state index in [2.05, 4.69) is 6.58 Å². The van der Waals surface area contributed by atoms with E-state index in [0.717, 1.165) is 5.56 Å². The normalized spacial score (nSPS) is 9.54. The molecule has 2 nitrogen and oxygen atoms in total. The van der Waals surface area contributed by atoms with E-state index in [1.54, 1.807) is 12.1 Å². The highest BCUT2D eigenvalue weighted by Gasteiger charge is 1.97. The molecule has 0 saturated carbocycles. The van der Waals surface area contributed by atoms with Gasteiger partial charge >= 0.3 is 0 Å². The SMILES string of the molecule is C=CC(=O)CCc1ccc(O)cc1. The first-order valence-corrected chi connectivity index (χ1v) is 4.15. The van der Waals surface area contributed by atoms with Crippen LogP contribution in [0.2, 0.25) is 0 Å². The van der Waals surface area contributed by atoms with Crippen molar-refractivity contribution < 1.29 is 9.90 Å². The van der Waals surface area contributed by atoms with Crippen LogP contribution in [0.3, 0.4) is 0 Å². The lowest BCUT2D eigenvalue weighted by molar-refractivity contribution is -0.114. The summed E-state index contributed by atoms with van der Waals surface area (Å²) in [5.74, 6) is 0.298. The van der Waals surface area contributed by atoms with Gasteiger partial charge in [0, 0.05) is 6.42 Å². The van der Waals surface area contributed by atoms with Crippen molar-refractivity contribution in [2.45, 2.75) is 12.8 Å². The molecule has 0 radical (unpaired) electrons. The summed E-state index contributed by atoms with van der Waals surface area (Å²) in [5.41, 5.74) is 1.05. The summed E-state index contributed by atoms with van der Waals surface area (Å²) in [6, 6.07) is 6.86. The zero-order valence-corrected chi connectivity index (χ0v) is 7.36. The van der Waals surface area contributed by atoms with E-state index < -0.39 is 0 Å². The Kier molecular flexibility index (Phi) is 3.26. The van der Waals surface area contributed by atoms with Gasteiger partial charge in [-0.25, -0.2) is 0 Å². The summed E-state index contributed by atoms with van der Waals surface area (Å²) in [4.78, 5) is 10.9. The third kappa shape index (κ3) is 3.11. The van der Waals surface area contributed by atoms with Gasteiger partial charge in [0.2, 0.25) is 0 Å². The molecule has 0 amide bonds. The van der Waals surface area contributed by atoms with Gasteiger partial charge in [0.25, 0.3) is 0 Å². The average molecular weight is 176 g/mol. The second kappa shape index (κ2) is 4.45. The van der Waals surface area contributed by atoms with E-state index in [4.69, 9.17) is 5.11 Å². The first-order chi connectivity index (χ1) is 6.22. The van der Waals surface area contributed by atoms with Gasteiger partial charge in [0.15, 0.2) is 5.78 Å². The third-order valence-corrected chi connectivity index (χ3v) is 1.82. The summed E-state index contributed by atoms with van der Waals surface area (Å²) in [6.45, 7) is 3.40. The number of hydrogen-bond donors (Lipinski definition) is 1. The minimum absolute atomic E-state index is 0.0491. The molecule has 0 aliphatic carbocycles. The number of benzene rings is 1. The van der Waals surface area contributed by atoms with Gasteiger partial charge in [0.05, 0.1) is 0 Å². The highest BCUT2D eigenvalue weighted by molar-refractivity contribution is 5.89. The maximum Gasteiger partial charge on any atom is 0.155 e. The molecule has 68 valence electrons. The van der Waals surface area contributed by atoms with Crippen LogP contribution < -0.4 is 0 Å². The van der Waals surface area contributed by atoms with Gasteiger partial charge < -0.3 is 5.11 Å². The van der Waals surface area contributed by atoms with Gasteiger partial charge in [-0.05, 0) is 30.2 Å². The molecule has 1 N–H and O–H groups in total. The van der Waals surface area contributed by atoms with Crippen LogP contribution in [-0.4, -0.2) is 10.9 Å². The molecule has 0 aliphatic rings. The van der Waals surface area contributed by atoms with Crippen molar-refractivity contribution in [3.05, 3.63) is 42.5 Å². The Balaban J connectivity index is 2.50. The maximum atomic E-state index is 10.9. The maximum absolute atomic E-state index is 10.9. The first-order valence-electron chi connectivity index (χ1n) is 4.15. The van der Waals surface area contributed by atoms with Crippen molar-refractivity contribution >= 4 is 5.78 Å². The molecular formula is C11H12O2. The fraction of sp³-hybridized carbons (Fsp3) is 0.182. The van der Waals surface area contributed by atoms with Crippen LogP contribution in [0.25, 0.3) is 0 Å². The highest BCUT2D eigenvalue weighted by Crippen LogP contribution is 2.11. The first kappa shape index (κ1) is 9.52. The standard InChI is InChI=1S/C11H12O2/c1-2-10(12)6-3-9-4-7-11(13)8-5-9/h2,4-5,7-8,13H,1,3,6H2. The summed E-state index contributed by atoms with van der Waals surface area (Å²) >= 11 is 0. The predicted molar refractivity (Wildman–Crippen MR) is 51.6 cm³/mol. The molecule has 1 aromatic rings. The number of ketones is 1. The van der Waals surface area contributed by atoms with Gasteiger partial charge in [-0.2, -0.15) is 0 Å². The molecule has 1 aromatic carbocycles. The van der Waals surface area contributed by atoms with Crippen LogP contribution in [-0.2, 0) is 11.2 Å². The minimum atomic E-state index is 0.0491. The van der Waals surface area contributed by atoms with Crippen molar-refractivity contribution in [2.75, 3.05) is 0 Å². The molecule has 0 unspecified atom stereocenters. The van der Waals surface area contributed by atoms with E-state index in [1.165, 1.54) is 6.08 Å². The number of phenols is 1. The van der Waals surface area contributed by atoms with Crippen molar-refractivity contribution in [2.24, 2.45) is 0 Å². The number of phenolic OH excluding ortho intramolecular Hbond substituents is 1. The fourth-order valence-electron chi connectivity index (χ4n) is 1.03. The van der Waals surface area contributed by atoms with Crippen LogP contribution in [0.15, 0.2) is 36.9 Å². The van der Waals surface area contributed by atoms with Crippen LogP contribution >= 0.6 is 0 Å². The molecule has 0 fully saturated rings. The molecule has 0 aromatic heterocycles. The molecule has 1 rings (SSSR count). The van der Waals surface area contributed by atoms with Crippen molar-refractivity contribution in [1.29, 1.82) is 0 Å².